The van der Waals surface area contributed by atoms with Gasteiger partial charge in [0.05, 0.1) is 18.8 Å². The number of guanidine groups is 1. The molecule has 26 heavy (non-hydrogen) atoms. The molecule has 7 heteroatoms. The molecule has 6 nitrogen and oxygen atoms in total. The van der Waals surface area contributed by atoms with Crippen LogP contribution in [0.4, 0.5) is 0 Å². The Kier molecular flexibility index (Phi) is 6.01. The fourth-order valence-electron chi connectivity index (χ4n) is 2.60. The van der Waals surface area contributed by atoms with E-state index in [2.05, 4.69) is 56.9 Å². The quantitative estimate of drug-likeness (QED) is 0.519. The molecule has 0 saturated carbocycles. The van der Waals surface area contributed by atoms with E-state index >= 15 is 0 Å². The van der Waals surface area contributed by atoms with Crippen molar-refractivity contribution in [2.45, 2.75) is 33.5 Å². The Balaban J connectivity index is 1.53. The Bertz CT molecular complexity index is 847. The Labute approximate surface area is 158 Å². The highest BCUT2D eigenvalue weighted by Gasteiger charge is 2.05. The average molecular weight is 369 g/mol. The maximum absolute atomic E-state index is 4.55. The van der Waals surface area contributed by atoms with Crippen LogP contribution in [0.25, 0.3) is 0 Å². The van der Waals surface area contributed by atoms with Gasteiger partial charge in [0.15, 0.2) is 5.96 Å². The van der Waals surface area contributed by atoms with E-state index in [1.54, 1.807) is 24.6 Å². The van der Waals surface area contributed by atoms with Crippen molar-refractivity contribution in [1.82, 2.24) is 25.4 Å². The minimum atomic E-state index is 0.679. The van der Waals surface area contributed by atoms with Crippen molar-refractivity contribution in [3.8, 4) is 0 Å². The molecule has 0 unspecified atom stereocenters. The van der Waals surface area contributed by atoms with E-state index in [1.165, 1.54) is 16.0 Å². The summed E-state index contributed by atoms with van der Waals surface area (Å²) in [6.07, 6.45) is 3.77. The Morgan fingerprint density at radius 2 is 1.96 bits per heavy atom. The molecular weight excluding hydrogens is 344 g/mol. The fraction of sp³-hybridized carbons (Fsp3) is 0.316. The normalized spacial score (nSPS) is 11.6. The summed E-state index contributed by atoms with van der Waals surface area (Å²) in [6.45, 7) is 6.30. The highest BCUT2D eigenvalue weighted by Crippen LogP contribution is 2.15. The van der Waals surface area contributed by atoms with Crippen LogP contribution < -0.4 is 10.6 Å². The second-order valence-corrected chi connectivity index (χ2v) is 7.34. The number of rotatable bonds is 6. The zero-order chi connectivity index (χ0) is 18.4. The molecule has 0 aliphatic heterocycles. The van der Waals surface area contributed by atoms with Gasteiger partial charge in [-0.25, -0.2) is 4.98 Å². The van der Waals surface area contributed by atoms with Crippen LogP contribution in [0.2, 0.25) is 0 Å². The lowest BCUT2D eigenvalue weighted by Gasteiger charge is -2.12. The molecular formula is C19H24N6S. The molecule has 0 saturated heterocycles. The van der Waals surface area contributed by atoms with E-state index in [9.17, 15) is 0 Å². The number of nitrogens with zero attached hydrogens (tertiary/aromatic N) is 4. The van der Waals surface area contributed by atoms with Crippen LogP contribution in [0.15, 0.2) is 47.7 Å². The van der Waals surface area contributed by atoms with E-state index in [1.807, 2.05) is 23.9 Å². The number of hydrogen-bond acceptors (Lipinski definition) is 4. The third-order valence-electron chi connectivity index (χ3n) is 4.06. The average Bonchev–Trinajstić information content (AvgIpc) is 3.25. The summed E-state index contributed by atoms with van der Waals surface area (Å²) in [7, 11) is 1.78. The van der Waals surface area contributed by atoms with Gasteiger partial charge in [-0.05, 0) is 31.0 Å². The first-order valence-electron chi connectivity index (χ1n) is 8.56. The lowest BCUT2D eigenvalue weighted by atomic mass is 10.1. The van der Waals surface area contributed by atoms with Crippen LogP contribution in [-0.4, -0.2) is 27.8 Å². The van der Waals surface area contributed by atoms with Crippen LogP contribution in [0, 0.1) is 13.8 Å². The summed E-state index contributed by atoms with van der Waals surface area (Å²) < 4.78 is 1.92. The molecule has 0 radical (unpaired) electrons. The topological polar surface area (TPSA) is 67.1 Å². The summed E-state index contributed by atoms with van der Waals surface area (Å²) in [4.78, 5) is 10.1. The van der Waals surface area contributed by atoms with Crippen molar-refractivity contribution in [3.63, 3.8) is 0 Å². The Hall–Kier alpha value is -2.67. The van der Waals surface area contributed by atoms with E-state index in [-0.39, 0.29) is 0 Å². The second kappa shape index (κ2) is 8.62. The summed E-state index contributed by atoms with van der Waals surface area (Å²) in [5, 5.41) is 12.0. The fourth-order valence-corrected chi connectivity index (χ4v) is 3.47. The number of aryl methyl sites for hydroxylation is 2. The monoisotopic (exact) mass is 368 g/mol. The van der Waals surface area contributed by atoms with Crippen molar-refractivity contribution in [2.24, 2.45) is 4.99 Å². The molecule has 0 amide bonds. The number of hydrogen-bond donors (Lipinski definition) is 2. The molecule has 136 valence electrons. The minimum Gasteiger partial charge on any atom is -0.352 e. The van der Waals surface area contributed by atoms with Gasteiger partial charge in [-0.15, -0.1) is 11.3 Å². The second-order valence-electron chi connectivity index (χ2n) is 6.05. The molecule has 0 atom stereocenters. The lowest BCUT2D eigenvalue weighted by Crippen LogP contribution is -2.36. The van der Waals surface area contributed by atoms with Gasteiger partial charge in [0.2, 0.25) is 0 Å². The van der Waals surface area contributed by atoms with Crippen LogP contribution in [0.3, 0.4) is 0 Å². The summed E-state index contributed by atoms with van der Waals surface area (Å²) in [6, 6.07) is 10.4. The summed E-state index contributed by atoms with van der Waals surface area (Å²) >= 11 is 1.72. The largest absolute Gasteiger partial charge is 0.352 e. The van der Waals surface area contributed by atoms with Gasteiger partial charge in [-0.2, -0.15) is 5.10 Å². The Morgan fingerprint density at radius 3 is 2.65 bits per heavy atom. The van der Waals surface area contributed by atoms with Crippen LogP contribution in [-0.2, 0) is 19.6 Å². The van der Waals surface area contributed by atoms with E-state index < -0.39 is 0 Å². The number of aromatic nitrogens is 3. The Morgan fingerprint density at radius 1 is 1.15 bits per heavy atom. The summed E-state index contributed by atoms with van der Waals surface area (Å²) in [5.74, 6) is 0.771. The maximum atomic E-state index is 4.55. The molecule has 1 aromatic carbocycles. The van der Waals surface area contributed by atoms with Gasteiger partial charge in [-0.3, -0.25) is 9.67 Å². The zero-order valence-corrected chi connectivity index (χ0v) is 16.2. The summed E-state index contributed by atoms with van der Waals surface area (Å²) in [5.41, 5.74) is 3.53. The molecule has 0 aliphatic carbocycles. The van der Waals surface area contributed by atoms with Gasteiger partial charge in [0.1, 0.15) is 5.01 Å². The molecule has 0 aliphatic rings. The molecule has 0 spiro atoms. The van der Waals surface area contributed by atoms with Crippen molar-refractivity contribution in [3.05, 3.63) is 69.4 Å². The highest BCUT2D eigenvalue weighted by molar-refractivity contribution is 7.11. The molecule has 0 fully saturated rings. The number of benzene rings is 1. The van der Waals surface area contributed by atoms with Crippen molar-refractivity contribution in [2.75, 3.05) is 7.05 Å². The first kappa shape index (κ1) is 18.1. The van der Waals surface area contributed by atoms with E-state index in [0.29, 0.717) is 13.1 Å². The van der Waals surface area contributed by atoms with E-state index in [4.69, 9.17) is 0 Å². The third kappa shape index (κ3) is 4.92. The van der Waals surface area contributed by atoms with Gasteiger partial charge in [-0.1, -0.05) is 24.3 Å². The van der Waals surface area contributed by atoms with Gasteiger partial charge < -0.3 is 10.6 Å². The zero-order valence-electron chi connectivity index (χ0n) is 15.4. The minimum absolute atomic E-state index is 0.679. The van der Waals surface area contributed by atoms with Gasteiger partial charge in [0, 0.05) is 30.9 Å². The standard InChI is InChI=1S/C19H24N6S/c1-14-15(2)26-18(24-14)12-22-19(20-3)21-11-16-6-4-7-17(10-16)13-25-9-5-8-23-25/h4-10H,11-13H2,1-3H3,(H2,20,21,22). The predicted molar refractivity (Wildman–Crippen MR) is 106 cm³/mol. The predicted octanol–water partition coefficient (Wildman–Crippen LogP) is 2.87. The third-order valence-corrected chi connectivity index (χ3v) is 5.13. The number of nitrogens with one attached hydrogen (secondary N) is 2. The van der Waals surface area contributed by atoms with E-state index in [0.717, 1.165) is 23.2 Å². The first-order chi connectivity index (χ1) is 12.6. The first-order valence-corrected chi connectivity index (χ1v) is 9.38. The van der Waals surface area contributed by atoms with Crippen LogP contribution >= 0.6 is 11.3 Å². The van der Waals surface area contributed by atoms with Crippen LogP contribution in [0.5, 0.6) is 0 Å². The van der Waals surface area contributed by atoms with Gasteiger partial charge in [0.25, 0.3) is 0 Å². The number of thiazole rings is 1. The number of aliphatic imine (C=N–C) groups is 1. The lowest BCUT2D eigenvalue weighted by molar-refractivity contribution is 0.685. The van der Waals surface area contributed by atoms with Crippen molar-refractivity contribution >= 4 is 17.3 Å². The van der Waals surface area contributed by atoms with Crippen molar-refractivity contribution < 1.29 is 0 Å². The molecule has 2 N–H and O–H groups in total. The molecule has 0 bridgehead atoms. The molecule has 2 aromatic heterocycles. The van der Waals surface area contributed by atoms with Gasteiger partial charge >= 0.3 is 0 Å². The molecule has 2 heterocycles. The molecule has 3 aromatic rings. The SMILES string of the molecule is CN=C(NCc1cccc(Cn2cccn2)c1)NCc1nc(C)c(C)s1. The van der Waals surface area contributed by atoms with Crippen molar-refractivity contribution in [1.29, 1.82) is 0 Å². The highest BCUT2D eigenvalue weighted by atomic mass is 32.1. The van der Waals surface area contributed by atoms with Crippen LogP contribution in [0.1, 0.15) is 26.7 Å². The smallest absolute Gasteiger partial charge is 0.191 e. The molecule has 3 rings (SSSR count). The maximum Gasteiger partial charge on any atom is 0.191 e.